The van der Waals surface area contributed by atoms with Crippen molar-refractivity contribution in [2.24, 2.45) is 5.73 Å². The van der Waals surface area contributed by atoms with Crippen LogP contribution in [-0.2, 0) is 0 Å². The summed E-state index contributed by atoms with van der Waals surface area (Å²) in [6, 6.07) is 12.5. The highest BCUT2D eigenvalue weighted by molar-refractivity contribution is 6.07. The van der Waals surface area contributed by atoms with Gasteiger partial charge in [-0.2, -0.15) is 0 Å². The Morgan fingerprint density at radius 1 is 1.05 bits per heavy atom. The molecule has 2 aromatic carbocycles. The molecule has 1 amide bonds. The molecule has 0 bridgehead atoms. The monoisotopic (exact) mass is 292 g/mol. The topological polar surface area (TPSA) is 112 Å². The Kier molecular flexibility index (Phi) is 3.27. The smallest absolute Gasteiger partial charge is 0.271 e. The van der Waals surface area contributed by atoms with Crippen molar-refractivity contribution < 1.29 is 9.59 Å². The molecule has 3 rings (SSSR count). The average molecular weight is 292 g/mol. The minimum absolute atomic E-state index is 0.0408. The lowest BCUT2D eigenvalue weighted by Gasteiger charge is -2.09. The van der Waals surface area contributed by atoms with E-state index < -0.39 is 5.91 Å². The molecule has 3 aromatic rings. The number of carbonyl (C=O) groups excluding carboxylic acids is 2. The lowest BCUT2D eigenvalue weighted by atomic mass is 10.0. The molecular formula is C16H12N4O2. The van der Waals surface area contributed by atoms with Crippen molar-refractivity contribution in [2.45, 2.75) is 0 Å². The van der Waals surface area contributed by atoms with E-state index in [-0.39, 0.29) is 11.4 Å². The fraction of sp³-hybridized carbons (Fsp3) is 0. The molecule has 4 N–H and O–H groups in total. The maximum atomic E-state index is 11.3. The van der Waals surface area contributed by atoms with Crippen LogP contribution in [0.3, 0.4) is 0 Å². The molecule has 0 spiro atoms. The van der Waals surface area contributed by atoms with Gasteiger partial charge in [-0.3, -0.25) is 9.59 Å². The second kappa shape index (κ2) is 5.25. The molecule has 6 nitrogen and oxygen atoms in total. The van der Waals surface area contributed by atoms with E-state index in [1.54, 1.807) is 18.2 Å². The van der Waals surface area contributed by atoms with Gasteiger partial charge in [-0.25, -0.2) is 0 Å². The van der Waals surface area contributed by atoms with Gasteiger partial charge >= 0.3 is 0 Å². The zero-order chi connectivity index (χ0) is 15.7. The highest BCUT2D eigenvalue weighted by Gasteiger charge is 2.14. The first-order valence-electron chi connectivity index (χ1n) is 6.52. The van der Waals surface area contributed by atoms with Crippen LogP contribution in [-0.4, -0.2) is 22.4 Å². The number of carbonyl (C=O) groups is 2. The van der Waals surface area contributed by atoms with E-state index in [0.717, 1.165) is 17.4 Å². The first-order valence-corrected chi connectivity index (χ1v) is 6.52. The van der Waals surface area contributed by atoms with Gasteiger partial charge < -0.3 is 11.5 Å². The van der Waals surface area contributed by atoms with Crippen molar-refractivity contribution in [2.75, 3.05) is 5.73 Å². The van der Waals surface area contributed by atoms with Gasteiger partial charge in [0.2, 0.25) is 0 Å². The van der Waals surface area contributed by atoms with Crippen LogP contribution in [0, 0.1) is 0 Å². The second-order valence-corrected chi connectivity index (χ2v) is 4.77. The number of aromatic nitrogens is 2. The van der Waals surface area contributed by atoms with Crippen LogP contribution in [0.25, 0.3) is 22.0 Å². The Bertz CT molecular complexity index is 889. The maximum absolute atomic E-state index is 11.3. The number of nitrogens with zero attached hydrogens (tertiary/aromatic N) is 2. The number of nitrogens with two attached hydrogens (primary N) is 2. The molecule has 0 saturated carbocycles. The van der Waals surface area contributed by atoms with E-state index in [4.69, 9.17) is 11.5 Å². The molecule has 1 heterocycles. The molecule has 0 saturated heterocycles. The van der Waals surface area contributed by atoms with Crippen molar-refractivity contribution in [3.8, 4) is 11.1 Å². The average Bonchev–Trinajstić information content (AvgIpc) is 2.54. The van der Waals surface area contributed by atoms with Gasteiger partial charge in [0.1, 0.15) is 11.8 Å². The summed E-state index contributed by atoms with van der Waals surface area (Å²) >= 11 is 0. The minimum Gasteiger partial charge on any atom is -0.396 e. The molecule has 6 heteroatoms. The number of benzene rings is 2. The summed E-state index contributed by atoms with van der Waals surface area (Å²) in [6.07, 6.45) is 0.782. The van der Waals surface area contributed by atoms with Crippen LogP contribution in [0.15, 0.2) is 42.5 Å². The highest BCUT2D eigenvalue weighted by Crippen LogP contribution is 2.30. The van der Waals surface area contributed by atoms with Gasteiger partial charge in [-0.1, -0.05) is 42.5 Å². The third-order valence-corrected chi connectivity index (χ3v) is 3.42. The maximum Gasteiger partial charge on any atom is 0.271 e. The van der Waals surface area contributed by atoms with Crippen molar-refractivity contribution in [3.63, 3.8) is 0 Å². The summed E-state index contributed by atoms with van der Waals surface area (Å²) in [5.74, 6) is -0.715. The van der Waals surface area contributed by atoms with E-state index in [9.17, 15) is 9.59 Å². The quantitative estimate of drug-likeness (QED) is 0.715. The molecule has 108 valence electrons. The normalized spacial score (nSPS) is 10.5. The second-order valence-electron chi connectivity index (χ2n) is 4.77. The number of anilines is 1. The lowest BCUT2D eigenvalue weighted by molar-refractivity contribution is 0.0995. The first-order chi connectivity index (χ1) is 10.6. The van der Waals surface area contributed by atoms with Crippen molar-refractivity contribution in [3.05, 3.63) is 53.7 Å². The van der Waals surface area contributed by atoms with Crippen molar-refractivity contribution in [1.82, 2.24) is 10.2 Å². The van der Waals surface area contributed by atoms with Crippen molar-refractivity contribution >= 4 is 28.8 Å². The SMILES string of the molecule is NC(=O)c1nnc2c(-c3ccc(C=O)cc3)cccc2c1N. The summed E-state index contributed by atoms with van der Waals surface area (Å²) in [4.78, 5) is 22.0. The largest absolute Gasteiger partial charge is 0.396 e. The number of aldehydes is 1. The molecule has 0 unspecified atom stereocenters. The Morgan fingerprint density at radius 3 is 2.41 bits per heavy atom. The molecule has 1 aromatic heterocycles. The standard InChI is InChI=1S/C16H12N4O2/c17-13-12-3-1-2-11(10-6-4-9(8-21)5-7-10)14(12)19-20-15(13)16(18)22/h1-8H,(H2,17,19)(H2,18,22). The van der Waals surface area contributed by atoms with Crippen LogP contribution >= 0.6 is 0 Å². The molecule has 0 aliphatic heterocycles. The summed E-state index contributed by atoms with van der Waals surface area (Å²) in [7, 11) is 0. The van der Waals surface area contributed by atoms with E-state index in [0.29, 0.717) is 16.5 Å². The first kappa shape index (κ1) is 13.7. The number of amides is 1. The molecule has 0 aliphatic rings. The summed E-state index contributed by atoms with van der Waals surface area (Å²) in [6.45, 7) is 0. The third kappa shape index (κ3) is 2.16. The minimum atomic E-state index is -0.715. The van der Waals surface area contributed by atoms with E-state index in [1.165, 1.54) is 0 Å². The molecule has 0 atom stereocenters. The zero-order valence-electron chi connectivity index (χ0n) is 11.5. The summed E-state index contributed by atoms with van der Waals surface area (Å²) in [5, 5.41) is 8.51. The number of nitrogen functional groups attached to an aromatic ring is 1. The Morgan fingerprint density at radius 2 is 1.77 bits per heavy atom. The highest BCUT2D eigenvalue weighted by atomic mass is 16.1. The number of fused-ring (bicyclic) bond motifs is 1. The van der Waals surface area contributed by atoms with Gasteiger partial charge in [0.15, 0.2) is 5.69 Å². The number of hydrogen-bond donors (Lipinski definition) is 2. The lowest BCUT2D eigenvalue weighted by Crippen LogP contribution is -2.16. The molecule has 0 fully saturated rings. The fourth-order valence-electron chi connectivity index (χ4n) is 2.31. The molecular weight excluding hydrogens is 280 g/mol. The van der Waals surface area contributed by atoms with Crippen molar-refractivity contribution in [1.29, 1.82) is 0 Å². The molecule has 0 radical (unpaired) electrons. The van der Waals surface area contributed by atoms with Crippen LogP contribution in [0.5, 0.6) is 0 Å². The van der Waals surface area contributed by atoms with Crippen LogP contribution in [0.1, 0.15) is 20.8 Å². The third-order valence-electron chi connectivity index (χ3n) is 3.42. The van der Waals surface area contributed by atoms with Crippen LogP contribution in [0.2, 0.25) is 0 Å². The zero-order valence-corrected chi connectivity index (χ0v) is 11.5. The van der Waals surface area contributed by atoms with Crippen LogP contribution < -0.4 is 11.5 Å². The van der Waals surface area contributed by atoms with E-state index >= 15 is 0 Å². The Labute approximate surface area is 125 Å². The molecule has 22 heavy (non-hydrogen) atoms. The summed E-state index contributed by atoms with van der Waals surface area (Å²) in [5.41, 5.74) is 14.2. The number of primary amides is 1. The van der Waals surface area contributed by atoms with Crippen LogP contribution in [0.4, 0.5) is 5.69 Å². The van der Waals surface area contributed by atoms with Gasteiger partial charge in [-0.05, 0) is 5.56 Å². The van der Waals surface area contributed by atoms with E-state index in [1.807, 2.05) is 24.3 Å². The summed E-state index contributed by atoms with van der Waals surface area (Å²) < 4.78 is 0. The Hall–Kier alpha value is -3.28. The Balaban J connectivity index is 2.24. The number of rotatable bonds is 3. The van der Waals surface area contributed by atoms with Gasteiger partial charge in [0, 0.05) is 16.5 Å². The fourth-order valence-corrected chi connectivity index (χ4v) is 2.31. The van der Waals surface area contributed by atoms with E-state index in [2.05, 4.69) is 10.2 Å². The predicted molar refractivity (Wildman–Crippen MR) is 83.3 cm³/mol. The predicted octanol–water partition coefficient (Wildman–Crippen LogP) is 1.79. The van der Waals surface area contributed by atoms with Gasteiger partial charge in [-0.15, -0.1) is 10.2 Å². The van der Waals surface area contributed by atoms with Gasteiger partial charge in [0.05, 0.1) is 5.69 Å². The van der Waals surface area contributed by atoms with Gasteiger partial charge in [0.25, 0.3) is 5.91 Å². The molecule has 0 aliphatic carbocycles. The number of hydrogen-bond acceptors (Lipinski definition) is 5.